The molecule has 0 saturated heterocycles. The van der Waals surface area contributed by atoms with E-state index in [9.17, 15) is 9.59 Å². The molecule has 2 aromatic carbocycles. The molecule has 0 bridgehead atoms. The Bertz CT molecular complexity index is 1610. The van der Waals surface area contributed by atoms with E-state index in [-0.39, 0.29) is 17.7 Å². The third-order valence-electron chi connectivity index (χ3n) is 6.03. The fraction of sp³-hybridized carbons (Fsp3) is 0.296. The molecule has 1 aliphatic rings. The molecule has 9 nitrogen and oxygen atoms in total. The summed E-state index contributed by atoms with van der Waals surface area (Å²) < 4.78 is 29.7. The van der Waals surface area contributed by atoms with Gasteiger partial charge in [0.15, 0.2) is 27.8 Å². The van der Waals surface area contributed by atoms with Gasteiger partial charge in [-0.3, -0.25) is 9.36 Å². The lowest BCUT2D eigenvalue weighted by Crippen LogP contribution is -2.40. The van der Waals surface area contributed by atoms with Crippen LogP contribution in [0, 0.1) is 0 Å². The van der Waals surface area contributed by atoms with Gasteiger partial charge in [0, 0.05) is 4.47 Å². The average molecular weight is 603 g/mol. The molecule has 11 heteroatoms. The molecule has 38 heavy (non-hydrogen) atoms. The van der Waals surface area contributed by atoms with Gasteiger partial charge in [0.2, 0.25) is 0 Å². The molecule has 0 spiro atoms. The Balaban J connectivity index is 1.97. The van der Waals surface area contributed by atoms with Crippen molar-refractivity contribution in [1.82, 2.24) is 4.57 Å². The van der Waals surface area contributed by atoms with Crippen molar-refractivity contribution in [1.29, 1.82) is 0 Å². The Morgan fingerprint density at radius 3 is 2.29 bits per heavy atom. The average Bonchev–Trinajstić information content (AvgIpc) is 3.22. The predicted octanol–water partition coefficient (Wildman–Crippen LogP) is 3.60. The minimum atomic E-state index is -0.777. The lowest BCUT2D eigenvalue weighted by atomic mass is 9.95. The smallest absolute Gasteiger partial charge is 0.338 e. The van der Waals surface area contributed by atoms with Crippen molar-refractivity contribution < 1.29 is 28.5 Å². The monoisotopic (exact) mass is 602 g/mol. The van der Waals surface area contributed by atoms with Gasteiger partial charge in [-0.25, -0.2) is 9.79 Å². The summed E-state index contributed by atoms with van der Waals surface area (Å²) in [5, 5.41) is 0. The van der Waals surface area contributed by atoms with E-state index in [0.717, 1.165) is 10.0 Å². The first-order valence-corrected chi connectivity index (χ1v) is 13.2. The van der Waals surface area contributed by atoms with Gasteiger partial charge >= 0.3 is 5.97 Å². The van der Waals surface area contributed by atoms with Crippen LogP contribution in [-0.2, 0) is 9.53 Å². The van der Waals surface area contributed by atoms with E-state index in [1.165, 1.54) is 23.0 Å². The minimum Gasteiger partial charge on any atom is -0.493 e. The first-order valence-electron chi connectivity index (χ1n) is 11.6. The van der Waals surface area contributed by atoms with Crippen molar-refractivity contribution in [2.75, 3.05) is 35.0 Å². The number of fused-ring (bicyclic) bond motifs is 1. The van der Waals surface area contributed by atoms with Crippen molar-refractivity contribution in [2.24, 2.45) is 4.99 Å². The zero-order valence-corrected chi connectivity index (χ0v) is 24.2. The minimum absolute atomic E-state index is 0.187. The maximum atomic E-state index is 13.9. The first-order chi connectivity index (χ1) is 18.3. The summed E-state index contributed by atoms with van der Waals surface area (Å²) in [6.45, 7) is 3.66. The lowest BCUT2D eigenvalue weighted by Gasteiger charge is -2.25. The fourth-order valence-corrected chi connectivity index (χ4v) is 5.73. The van der Waals surface area contributed by atoms with Gasteiger partial charge in [0.25, 0.3) is 5.56 Å². The van der Waals surface area contributed by atoms with E-state index in [4.69, 9.17) is 23.7 Å². The summed E-state index contributed by atoms with van der Waals surface area (Å²) in [5.41, 5.74) is 1.83. The van der Waals surface area contributed by atoms with E-state index < -0.39 is 12.0 Å². The molecule has 1 atom stereocenters. The zero-order chi connectivity index (χ0) is 27.6. The van der Waals surface area contributed by atoms with Gasteiger partial charge in [-0.05, 0) is 55.3 Å². The third kappa shape index (κ3) is 4.95. The number of nitrogens with zero attached hydrogens (tertiary/aromatic N) is 2. The highest BCUT2D eigenvalue weighted by Gasteiger charge is 2.34. The Morgan fingerprint density at radius 2 is 1.66 bits per heavy atom. The normalized spacial score (nSPS) is 15.0. The van der Waals surface area contributed by atoms with E-state index in [1.807, 2.05) is 0 Å². The van der Waals surface area contributed by atoms with Gasteiger partial charge < -0.3 is 23.7 Å². The maximum Gasteiger partial charge on any atom is 0.338 e. The van der Waals surface area contributed by atoms with Gasteiger partial charge in [-0.1, -0.05) is 33.3 Å². The van der Waals surface area contributed by atoms with E-state index >= 15 is 0 Å². The second-order valence-corrected chi connectivity index (χ2v) is 10.0. The second kappa shape index (κ2) is 11.4. The van der Waals surface area contributed by atoms with Crippen LogP contribution in [0.15, 0.2) is 55.9 Å². The van der Waals surface area contributed by atoms with E-state index in [0.29, 0.717) is 43.6 Å². The van der Waals surface area contributed by atoms with Crippen molar-refractivity contribution in [2.45, 2.75) is 19.9 Å². The highest BCUT2D eigenvalue weighted by atomic mass is 79.9. The predicted molar refractivity (Wildman–Crippen MR) is 147 cm³/mol. The lowest BCUT2D eigenvalue weighted by molar-refractivity contribution is -0.139. The van der Waals surface area contributed by atoms with Crippen LogP contribution in [0.1, 0.15) is 31.0 Å². The number of carbonyl (C=O) groups excluding carboxylic acids is 1. The SMILES string of the molecule is CCOC(=O)C1=C(C)N=c2s/c(=C\c3cc(OC)c(OC)cc3Br)c(=O)n2C1c1ccc(OC)c(OC)c1. The molecule has 0 saturated carbocycles. The topological polar surface area (TPSA) is 97.6 Å². The standard InChI is InChI=1S/C27H27BrN2O7S/c1-7-37-26(32)23-14(2)29-27-30(24(23)15-8-9-18(33-3)19(10-15)34-4)25(31)22(38-27)12-16-11-20(35-5)21(36-6)13-17(16)28/h8-13,24H,7H2,1-6H3/b22-12-. The molecule has 3 aromatic rings. The molecule has 0 aliphatic carbocycles. The number of rotatable bonds is 8. The number of hydrogen-bond donors (Lipinski definition) is 0. The van der Waals surface area contributed by atoms with Crippen molar-refractivity contribution >= 4 is 39.3 Å². The van der Waals surface area contributed by atoms with Crippen LogP contribution in [0.3, 0.4) is 0 Å². The summed E-state index contributed by atoms with van der Waals surface area (Å²) in [4.78, 5) is 32.1. The maximum absolute atomic E-state index is 13.9. The molecule has 0 N–H and O–H groups in total. The van der Waals surface area contributed by atoms with Crippen LogP contribution >= 0.6 is 27.3 Å². The largest absolute Gasteiger partial charge is 0.493 e. The summed E-state index contributed by atoms with van der Waals surface area (Å²) in [6.07, 6.45) is 1.75. The highest BCUT2D eigenvalue weighted by Crippen LogP contribution is 2.36. The number of hydrogen-bond acceptors (Lipinski definition) is 9. The molecule has 1 aliphatic heterocycles. The Hall–Kier alpha value is -3.57. The summed E-state index contributed by atoms with van der Waals surface area (Å²) in [5.74, 6) is 1.55. The zero-order valence-electron chi connectivity index (χ0n) is 21.8. The van der Waals surface area contributed by atoms with Crippen LogP contribution in [0.5, 0.6) is 23.0 Å². The summed E-state index contributed by atoms with van der Waals surface area (Å²) in [6, 6.07) is 8.07. The summed E-state index contributed by atoms with van der Waals surface area (Å²) >= 11 is 4.78. The number of allylic oxidation sites excluding steroid dienone is 1. The molecule has 1 unspecified atom stereocenters. The number of ether oxygens (including phenoxy) is 5. The van der Waals surface area contributed by atoms with Crippen molar-refractivity contribution in [3.8, 4) is 23.0 Å². The highest BCUT2D eigenvalue weighted by molar-refractivity contribution is 9.10. The fourth-order valence-electron chi connectivity index (χ4n) is 4.25. The quantitative estimate of drug-likeness (QED) is 0.363. The number of aromatic nitrogens is 1. The Morgan fingerprint density at radius 1 is 1.03 bits per heavy atom. The first kappa shape index (κ1) is 27.5. The molecule has 200 valence electrons. The molecule has 2 heterocycles. The van der Waals surface area contributed by atoms with Gasteiger partial charge in [-0.2, -0.15) is 0 Å². The number of thiazole rings is 1. The van der Waals surface area contributed by atoms with Crippen LogP contribution < -0.4 is 33.8 Å². The third-order valence-corrected chi connectivity index (χ3v) is 7.70. The summed E-state index contributed by atoms with van der Waals surface area (Å²) in [7, 11) is 6.17. The van der Waals surface area contributed by atoms with E-state index in [2.05, 4.69) is 20.9 Å². The second-order valence-electron chi connectivity index (χ2n) is 8.15. The van der Waals surface area contributed by atoms with Crippen LogP contribution in [0.25, 0.3) is 6.08 Å². The van der Waals surface area contributed by atoms with Gasteiger partial charge in [-0.15, -0.1) is 0 Å². The molecular formula is C27H27BrN2O7S. The van der Waals surface area contributed by atoms with Crippen LogP contribution in [0.2, 0.25) is 0 Å². The molecule has 0 amide bonds. The molecule has 0 radical (unpaired) electrons. The molecule has 0 fully saturated rings. The Labute approximate surface area is 231 Å². The Kier molecular flexibility index (Phi) is 8.27. The molecule has 4 rings (SSSR count). The number of methoxy groups -OCH3 is 4. The van der Waals surface area contributed by atoms with Gasteiger partial charge in [0.1, 0.15) is 0 Å². The molecule has 1 aromatic heterocycles. The van der Waals surface area contributed by atoms with Crippen LogP contribution in [0.4, 0.5) is 0 Å². The van der Waals surface area contributed by atoms with Crippen LogP contribution in [-0.4, -0.2) is 45.6 Å². The van der Waals surface area contributed by atoms with Crippen molar-refractivity contribution in [3.63, 3.8) is 0 Å². The number of carbonyl (C=O) groups is 1. The number of benzene rings is 2. The number of halogens is 1. The van der Waals surface area contributed by atoms with Gasteiger partial charge in [0.05, 0.1) is 56.9 Å². The van der Waals surface area contributed by atoms with Crippen molar-refractivity contribution in [3.05, 3.63) is 76.9 Å². The molecular weight excluding hydrogens is 576 g/mol. The van der Waals surface area contributed by atoms with E-state index in [1.54, 1.807) is 71.6 Å². The number of esters is 1.